The summed E-state index contributed by atoms with van der Waals surface area (Å²) >= 11 is 0. The zero-order chi connectivity index (χ0) is 20.4. The van der Waals surface area contributed by atoms with Gasteiger partial charge in [0, 0.05) is 23.5 Å². The van der Waals surface area contributed by atoms with Crippen molar-refractivity contribution >= 4 is 17.3 Å². The average Bonchev–Trinajstić information content (AvgIpc) is 2.65. The molecule has 148 valence electrons. The summed E-state index contributed by atoms with van der Waals surface area (Å²) < 4.78 is 0. The average molecular weight is 370 g/mol. The zero-order valence-corrected chi connectivity index (χ0v) is 17.7. The fourth-order valence-corrected chi connectivity index (χ4v) is 2.98. The lowest BCUT2D eigenvalue weighted by molar-refractivity contribution is 0.102. The van der Waals surface area contributed by atoms with Gasteiger partial charge in [-0.2, -0.15) is 0 Å². The van der Waals surface area contributed by atoms with Gasteiger partial charge in [0.05, 0.1) is 0 Å². The van der Waals surface area contributed by atoms with Gasteiger partial charge in [-0.25, -0.2) is 0 Å². The Morgan fingerprint density at radius 2 is 1.74 bits per heavy atom. The third-order valence-corrected chi connectivity index (χ3v) is 4.40. The monoisotopic (exact) mass is 369 g/mol. The number of anilines is 2. The summed E-state index contributed by atoms with van der Waals surface area (Å²) in [6.45, 7) is 9.17. The van der Waals surface area contributed by atoms with Gasteiger partial charge in [-0.15, -0.1) is 0 Å². The van der Waals surface area contributed by atoms with Crippen molar-refractivity contribution in [1.82, 2.24) is 4.90 Å². The molecule has 4 nitrogen and oxygen atoms in total. The number of nitrogens with zero attached hydrogens (tertiary/aromatic N) is 1. The van der Waals surface area contributed by atoms with Gasteiger partial charge in [0.15, 0.2) is 0 Å². The molecule has 0 fully saturated rings. The van der Waals surface area contributed by atoms with Crippen molar-refractivity contribution in [1.29, 1.82) is 0 Å². The summed E-state index contributed by atoms with van der Waals surface area (Å²) in [6, 6.07) is 13.6. The number of rotatable bonds is 7. The first kappa shape index (κ1) is 22.7. The van der Waals surface area contributed by atoms with E-state index in [2.05, 4.69) is 43.4 Å². The molecule has 27 heavy (non-hydrogen) atoms. The third-order valence-electron chi connectivity index (χ3n) is 4.40. The fraction of sp³-hybridized carbons (Fsp3) is 0.435. The van der Waals surface area contributed by atoms with E-state index in [0.29, 0.717) is 17.2 Å². The van der Waals surface area contributed by atoms with E-state index < -0.39 is 0 Å². The third kappa shape index (κ3) is 7.06. The van der Waals surface area contributed by atoms with Crippen molar-refractivity contribution in [3.8, 4) is 0 Å². The van der Waals surface area contributed by atoms with Crippen LogP contribution in [0.5, 0.6) is 0 Å². The highest BCUT2D eigenvalue weighted by Crippen LogP contribution is 2.24. The highest BCUT2D eigenvalue weighted by atomic mass is 16.1. The lowest BCUT2D eigenvalue weighted by atomic mass is 9.94. The lowest BCUT2D eigenvalue weighted by Crippen LogP contribution is -2.20. The van der Waals surface area contributed by atoms with E-state index in [1.54, 1.807) is 12.1 Å². The molecular weight excluding hydrogens is 334 g/mol. The number of nitrogens with two attached hydrogens (primary N) is 1. The van der Waals surface area contributed by atoms with Gasteiger partial charge in [0.1, 0.15) is 0 Å². The number of nitrogen functional groups attached to an aromatic ring is 1. The molecule has 0 aliphatic carbocycles. The number of amides is 1. The molecule has 0 bridgehead atoms. The van der Waals surface area contributed by atoms with Crippen LogP contribution in [-0.4, -0.2) is 31.4 Å². The van der Waals surface area contributed by atoms with E-state index in [9.17, 15) is 4.79 Å². The minimum absolute atomic E-state index is 0.141. The second-order valence-corrected chi connectivity index (χ2v) is 6.90. The van der Waals surface area contributed by atoms with Crippen LogP contribution in [-0.2, 0) is 0 Å². The van der Waals surface area contributed by atoms with E-state index in [1.807, 2.05) is 39.0 Å². The molecule has 0 saturated heterocycles. The van der Waals surface area contributed by atoms with Gasteiger partial charge in [0.2, 0.25) is 0 Å². The van der Waals surface area contributed by atoms with Crippen LogP contribution in [0.4, 0.5) is 11.4 Å². The highest BCUT2D eigenvalue weighted by molar-refractivity contribution is 6.04. The van der Waals surface area contributed by atoms with Crippen LogP contribution in [0.2, 0.25) is 0 Å². The number of carbonyl (C=O) groups excluding carboxylic acids is 1. The van der Waals surface area contributed by atoms with Gasteiger partial charge in [-0.3, -0.25) is 4.79 Å². The Morgan fingerprint density at radius 1 is 1.11 bits per heavy atom. The molecule has 0 aliphatic heterocycles. The van der Waals surface area contributed by atoms with E-state index in [4.69, 9.17) is 5.73 Å². The maximum Gasteiger partial charge on any atom is 0.255 e. The standard InChI is InChI=1S/C21H29N3O.C2H6/c1-5-6-18(14-24(3)4)16-9-11-19(12-10-16)23-21(25)17-8-7-15(2)20(22)13-17;1-2/h7-13,18H,5-6,14,22H2,1-4H3,(H,23,25);1-2H3. The second kappa shape index (κ2) is 11.4. The first-order valence-corrected chi connectivity index (χ1v) is 9.83. The Labute approximate surface area is 164 Å². The lowest BCUT2D eigenvalue weighted by Gasteiger charge is -2.21. The van der Waals surface area contributed by atoms with Crippen LogP contribution >= 0.6 is 0 Å². The molecule has 2 aromatic rings. The minimum atomic E-state index is -0.141. The van der Waals surface area contributed by atoms with Gasteiger partial charge in [-0.1, -0.05) is 45.4 Å². The summed E-state index contributed by atoms with van der Waals surface area (Å²) in [5.41, 5.74) is 10.2. The van der Waals surface area contributed by atoms with Gasteiger partial charge >= 0.3 is 0 Å². The predicted octanol–water partition coefficient (Wildman–Crippen LogP) is 5.30. The first-order chi connectivity index (χ1) is 12.9. The summed E-state index contributed by atoms with van der Waals surface area (Å²) in [5.74, 6) is 0.375. The summed E-state index contributed by atoms with van der Waals surface area (Å²) in [5, 5.41) is 2.94. The Balaban J connectivity index is 0.00000176. The molecule has 0 aromatic heterocycles. The molecule has 0 saturated carbocycles. The van der Waals surface area contributed by atoms with Gasteiger partial charge in [-0.05, 0) is 68.8 Å². The Hall–Kier alpha value is -2.33. The number of aryl methyl sites for hydroxylation is 1. The predicted molar refractivity (Wildman–Crippen MR) is 118 cm³/mol. The van der Waals surface area contributed by atoms with Crippen molar-refractivity contribution in [2.75, 3.05) is 31.7 Å². The molecule has 0 spiro atoms. The normalized spacial score (nSPS) is 11.5. The number of hydrogen-bond donors (Lipinski definition) is 2. The van der Waals surface area contributed by atoms with Gasteiger partial charge in [0.25, 0.3) is 5.91 Å². The molecule has 0 radical (unpaired) electrons. The fourth-order valence-electron chi connectivity index (χ4n) is 2.98. The quantitative estimate of drug-likeness (QED) is 0.651. The van der Waals surface area contributed by atoms with Crippen molar-refractivity contribution < 1.29 is 4.79 Å². The molecule has 4 heteroatoms. The van der Waals surface area contributed by atoms with Crippen LogP contribution in [0.3, 0.4) is 0 Å². The number of nitrogens with one attached hydrogen (secondary N) is 1. The molecule has 0 aliphatic rings. The van der Waals surface area contributed by atoms with Crippen LogP contribution in [0.1, 0.15) is 61.0 Å². The highest BCUT2D eigenvalue weighted by Gasteiger charge is 2.12. The van der Waals surface area contributed by atoms with E-state index in [1.165, 1.54) is 5.56 Å². The number of likely N-dealkylation sites (N-methyl/N-ethyl adjacent to an activating group) is 1. The first-order valence-electron chi connectivity index (χ1n) is 9.83. The molecule has 2 rings (SSSR count). The SMILES string of the molecule is CC.CCCC(CN(C)C)c1ccc(NC(=O)c2ccc(C)c(N)c2)cc1. The zero-order valence-electron chi connectivity index (χ0n) is 17.7. The van der Waals surface area contributed by atoms with E-state index in [-0.39, 0.29) is 5.91 Å². The smallest absolute Gasteiger partial charge is 0.255 e. The number of carbonyl (C=O) groups is 1. The number of benzene rings is 2. The van der Waals surface area contributed by atoms with Crippen molar-refractivity contribution in [3.05, 3.63) is 59.2 Å². The van der Waals surface area contributed by atoms with Crippen molar-refractivity contribution in [2.45, 2.75) is 46.5 Å². The maximum atomic E-state index is 12.4. The van der Waals surface area contributed by atoms with Crippen molar-refractivity contribution in [3.63, 3.8) is 0 Å². The minimum Gasteiger partial charge on any atom is -0.398 e. The topological polar surface area (TPSA) is 58.4 Å². The Morgan fingerprint density at radius 3 is 2.26 bits per heavy atom. The van der Waals surface area contributed by atoms with Gasteiger partial charge < -0.3 is 16.0 Å². The maximum absolute atomic E-state index is 12.4. The second-order valence-electron chi connectivity index (χ2n) is 6.90. The molecule has 1 amide bonds. The summed E-state index contributed by atoms with van der Waals surface area (Å²) in [6.07, 6.45) is 2.32. The molecule has 1 atom stereocenters. The largest absolute Gasteiger partial charge is 0.398 e. The van der Waals surface area contributed by atoms with E-state index in [0.717, 1.165) is 30.6 Å². The van der Waals surface area contributed by atoms with E-state index >= 15 is 0 Å². The Kier molecular flexibility index (Phi) is 9.59. The molecule has 0 heterocycles. The molecular formula is C23H35N3O. The Bertz CT molecular complexity index is 708. The van der Waals surface area contributed by atoms with Crippen molar-refractivity contribution in [2.24, 2.45) is 0 Å². The van der Waals surface area contributed by atoms with Crippen LogP contribution in [0.15, 0.2) is 42.5 Å². The van der Waals surface area contributed by atoms with Crippen LogP contribution in [0, 0.1) is 6.92 Å². The van der Waals surface area contributed by atoms with Crippen LogP contribution in [0.25, 0.3) is 0 Å². The molecule has 1 unspecified atom stereocenters. The van der Waals surface area contributed by atoms with Crippen LogP contribution < -0.4 is 11.1 Å². The summed E-state index contributed by atoms with van der Waals surface area (Å²) in [7, 11) is 4.20. The summed E-state index contributed by atoms with van der Waals surface area (Å²) in [4.78, 5) is 14.6. The molecule has 3 N–H and O–H groups in total. The molecule has 2 aromatic carbocycles. The number of hydrogen-bond acceptors (Lipinski definition) is 3.